The van der Waals surface area contributed by atoms with E-state index in [0.29, 0.717) is 0 Å². The van der Waals surface area contributed by atoms with Crippen LogP contribution in [0.4, 0.5) is 0 Å². The zero-order valence-electron chi connectivity index (χ0n) is 11.3. The zero-order chi connectivity index (χ0) is 13.2. The molecule has 1 aromatic carbocycles. The topological polar surface area (TPSA) is 34.8 Å². The number of aryl methyl sites for hydroxylation is 1. The van der Waals surface area contributed by atoms with Gasteiger partial charge in [-0.1, -0.05) is 18.2 Å². The first kappa shape index (κ1) is 12.0. The lowest BCUT2D eigenvalue weighted by Gasteiger charge is -2.02. The number of nitrogens with zero attached hydrogens (tertiary/aromatic N) is 3. The van der Waals surface area contributed by atoms with Crippen molar-refractivity contribution in [3.05, 3.63) is 54.0 Å². The van der Waals surface area contributed by atoms with Crippen molar-refractivity contribution < 1.29 is 0 Å². The largest absolute Gasteiger partial charge is 0.343 e. The van der Waals surface area contributed by atoms with Gasteiger partial charge in [-0.3, -0.25) is 4.68 Å². The molecule has 19 heavy (non-hydrogen) atoms. The molecule has 4 nitrogen and oxygen atoms in total. The number of benzene rings is 1. The number of fused-ring (bicyclic) bond motifs is 1. The van der Waals surface area contributed by atoms with Crippen LogP contribution in [0.2, 0.25) is 0 Å². The summed E-state index contributed by atoms with van der Waals surface area (Å²) in [5.41, 5.74) is 3.83. The van der Waals surface area contributed by atoms with E-state index in [-0.39, 0.29) is 0 Å². The molecule has 0 spiro atoms. The van der Waals surface area contributed by atoms with E-state index in [4.69, 9.17) is 0 Å². The Hall–Kier alpha value is -2.07. The van der Waals surface area contributed by atoms with Crippen molar-refractivity contribution >= 4 is 10.9 Å². The molecule has 0 saturated heterocycles. The van der Waals surface area contributed by atoms with Gasteiger partial charge in [0.15, 0.2) is 0 Å². The van der Waals surface area contributed by atoms with E-state index >= 15 is 0 Å². The molecule has 0 aliphatic rings. The smallest absolute Gasteiger partial charge is 0.0539 e. The van der Waals surface area contributed by atoms with Gasteiger partial charge in [0.2, 0.25) is 0 Å². The van der Waals surface area contributed by atoms with Gasteiger partial charge < -0.3 is 9.88 Å². The molecular weight excluding hydrogens is 236 g/mol. The summed E-state index contributed by atoms with van der Waals surface area (Å²) in [7, 11) is 3.93. The summed E-state index contributed by atoms with van der Waals surface area (Å²) < 4.78 is 4.13. The van der Waals surface area contributed by atoms with E-state index in [0.717, 1.165) is 13.1 Å². The molecule has 98 valence electrons. The number of rotatable bonds is 4. The summed E-state index contributed by atoms with van der Waals surface area (Å²) in [6, 6.07) is 8.54. The predicted molar refractivity (Wildman–Crippen MR) is 77.0 cm³/mol. The van der Waals surface area contributed by atoms with Gasteiger partial charge in [-0.15, -0.1) is 0 Å². The van der Waals surface area contributed by atoms with Gasteiger partial charge in [-0.2, -0.15) is 5.10 Å². The maximum Gasteiger partial charge on any atom is 0.0539 e. The van der Waals surface area contributed by atoms with Crippen molar-refractivity contribution in [3.8, 4) is 0 Å². The van der Waals surface area contributed by atoms with Gasteiger partial charge in [0.05, 0.1) is 12.7 Å². The molecule has 0 radical (unpaired) electrons. The average Bonchev–Trinajstić information content (AvgIpc) is 2.97. The lowest BCUT2D eigenvalue weighted by Crippen LogP contribution is -2.04. The fourth-order valence-corrected chi connectivity index (χ4v) is 2.54. The molecule has 0 fully saturated rings. The van der Waals surface area contributed by atoms with Gasteiger partial charge >= 0.3 is 0 Å². The first-order valence-electron chi connectivity index (χ1n) is 6.47. The minimum atomic E-state index is 0.859. The number of hydrogen-bond acceptors (Lipinski definition) is 2. The molecule has 4 heteroatoms. The van der Waals surface area contributed by atoms with E-state index in [9.17, 15) is 0 Å². The summed E-state index contributed by atoms with van der Waals surface area (Å²) in [6.07, 6.45) is 6.22. The van der Waals surface area contributed by atoms with Crippen LogP contribution in [0.5, 0.6) is 0 Å². The van der Waals surface area contributed by atoms with Gasteiger partial charge in [0.25, 0.3) is 0 Å². The van der Waals surface area contributed by atoms with Crippen molar-refractivity contribution in [2.45, 2.75) is 13.1 Å². The van der Waals surface area contributed by atoms with Crippen molar-refractivity contribution in [1.29, 1.82) is 0 Å². The van der Waals surface area contributed by atoms with Gasteiger partial charge in [0.1, 0.15) is 0 Å². The molecule has 0 saturated carbocycles. The minimum absolute atomic E-state index is 0.859. The number of nitrogens with one attached hydrogen (secondary N) is 1. The molecule has 3 aromatic rings. The molecule has 0 aliphatic carbocycles. The second-order valence-corrected chi connectivity index (χ2v) is 4.85. The van der Waals surface area contributed by atoms with Crippen molar-refractivity contribution in [2.75, 3.05) is 7.05 Å². The molecule has 1 N–H and O–H groups in total. The maximum absolute atomic E-state index is 4.23. The van der Waals surface area contributed by atoms with Crippen LogP contribution in [0.3, 0.4) is 0 Å². The summed E-state index contributed by atoms with van der Waals surface area (Å²) in [5, 5.41) is 8.77. The second kappa shape index (κ2) is 4.90. The Balaban J connectivity index is 2.03. The van der Waals surface area contributed by atoms with Gasteiger partial charge in [-0.25, -0.2) is 0 Å². The highest BCUT2D eigenvalue weighted by Gasteiger charge is 2.08. The Bertz CT molecular complexity index is 693. The highest BCUT2D eigenvalue weighted by Crippen LogP contribution is 2.22. The monoisotopic (exact) mass is 254 g/mol. The normalized spacial score (nSPS) is 11.3. The highest BCUT2D eigenvalue weighted by molar-refractivity contribution is 5.84. The minimum Gasteiger partial charge on any atom is -0.343 e. The Morgan fingerprint density at radius 1 is 1.21 bits per heavy atom. The molecule has 0 atom stereocenters. The van der Waals surface area contributed by atoms with E-state index in [1.165, 1.54) is 22.0 Å². The van der Waals surface area contributed by atoms with Crippen LogP contribution in [-0.4, -0.2) is 21.4 Å². The van der Waals surface area contributed by atoms with Crippen molar-refractivity contribution in [1.82, 2.24) is 19.7 Å². The Kier molecular flexibility index (Phi) is 3.09. The number of aromatic nitrogens is 3. The second-order valence-electron chi connectivity index (χ2n) is 4.85. The third-order valence-electron chi connectivity index (χ3n) is 3.35. The van der Waals surface area contributed by atoms with E-state index in [1.54, 1.807) is 0 Å². The third kappa shape index (κ3) is 2.27. The standard InChI is InChI=1S/C15H18N4/c1-16-8-13-11-19(10-12-7-17-18(2)9-12)15-6-4-3-5-14(13)15/h3-7,9,11,16H,8,10H2,1-2H3. The summed E-state index contributed by atoms with van der Waals surface area (Å²) in [4.78, 5) is 0. The molecule has 3 rings (SSSR count). The van der Waals surface area contributed by atoms with Crippen LogP contribution >= 0.6 is 0 Å². The molecule has 2 aromatic heterocycles. The maximum atomic E-state index is 4.23. The number of hydrogen-bond donors (Lipinski definition) is 1. The third-order valence-corrected chi connectivity index (χ3v) is 3.35. The predicted octanol–water partition coefficient (Wildman–Crippen LogP) is 2.14. The first-order valence-corrected chi connectivity index (χ1v) is 6.47. The van der Waals surface area contributed by atoms with E-state index in [2.05, 4.69) is 51.6 Å². The summed E-state index contributed by atoms with van der Waals surface area (Å²) in [6.45, 7) is 1.75. The van der Waals surface area contributed by atoms with Crippen LogP contribution in [0.25, 0.3) is 10.9 Å². The van der Waals surface area contributed by atoms with Crippen LogP contribution in [-0.2, 0) is 20.1 Å². The quantitative estimate of drug-likeness (QED) is 0.774. The lowest BCUT2D eigenvalue weighted by molar-refractivity contribution is 0.763. The van der Waals surface area contributed by atoms with Crippen molar-refractivity contribution in [2.24, 2.45) is 7.05 Å². The van der Waals surface area contributed by atoms with Crippen LogP contribution in [0.1, 0.15) is 11.1 Å². The summed E-state index contributed by atoms with van der Waals surface area (Å²) >= 11 is 0. The molecule has 0 aliphatic heterocycles. The Morgan fingerprint density at radius 3 is 2.79 bits per heavy atom. The van der Waals surface area contributed by atoms with Gasteiger partial charge in [0, 0.05) is 42.5 Å². The Morgan fingerprint density at radius 2 is 2.05 bits per heavy atom. The lowest BCUT2D eigenvalue weighted by atomic mass is 10.2. The molecular formula is C15H18N4. The first-order chi connectivity index (χ1) is 9.28. The van der Waals surface area contributed by atoms with Gasteiger partial charge in [-0.05, 0) is 18.7 Å². The van der Waals surface area contributed by atoms with Crippen molar-refractivity contribution in [3.63, 3.8) is 0 Å². The highest BCUT2D eigenvalue weighted by atomic mass is 15.2. The van der Waals surface area contributed by atoms with E-state index < -0.39 is 0 Å². The van der Waals surface area contributed by atoms with E-state index in [1.807, 2.05) is 25.0 Å². The zero-order valence-corrected chi connectivity index (χ0v) is 11.3. The molecule has 2 heterocycles. The Labute approximate surface area is 112 Å². The van der Waals surface area contributed by atoms with Crippen LogP contribution < -0.4 is 5.32 Å². The molecule has 0 amide bonds. The summed E-state index contributed by atoms with van der Waals surface area (Å²) in [5.74, 6) is 0. The molecule has 0 unspecified atom stereocenters. The molecule has 0 bridgehead atoms. The van der Waals surface area contributed by atoms with Crippen LogP contribution in [0, 0.1) is 0 Å². The fourth-order valence-electron chi connectivity index (χ4n) is 2.54. The van der Waals surface area contributed by atoms with Crippen LogP contribution in [0.15, 0.2) is 42.9 Å². The number of para-hydroxylation sites is 1. The SMILES string of the molecule is CNCc1cn(Cc2cnn(C)c2)c2ccccc12. The average molecular weight is 254 g/mol. The fraction of sp³-hybridized carbons (Fsp3) is 0.267.